The monoisotopic (exact) mass is 312 g/mol. The van der Waals surface area contributed by atoms with Crippen molar-refractivity contribution in [1.29, 1.82) is 0 Å². The van der Waals surface area contributed by atoms with Crippen LogP contribution in [0.3, 0.4) is 0 Å². The van der Waals surface area contributed by atoms with Crippen LogP contribution in [0.4, 0.5) is 4.79 Å². The number of hydrogen-bond acceptors (Lipinski definition) is 4. The Hall–Kier alpha value is -0.530. The number of unbranched alkanes of at least 4 members (excludes halogenated alkanes) is 1. The van der Waals surface area contributed by atoms with Crippen LogP contribution in [0.1, 0.15) is 19.8 Å². The minimum atomic E-state index is -3.22. The second-order valence-electron chi connectivity index (χ2n) is 4.30. The molecule has 6 nitrogen and oxygen atoms in total. The van der Waals surface area contributed by atoms with E-state index in [9.17, 15) is 13.2 Å². The highest BCUT2D eigenvalue weighted by Gasteiger charge is 2.28. The molecule has 0 aromatic heterocycles. The van der Waals surface area contributed by atoms with Gasteiger partial charge in [0.25, 0.3) is 0 Å². The Morgan fingerprint density at radius 1 is 1.21 bits per heavy atom. The predicted octanol–water partition coefficient (Wildman–Crippen LogP) is 1.11. The first-order chi connectivity index (χ1) is 9.01. The molecular weight excluding hydrogens is 292 g/mol. The molecule has 0 radical (unpaired) electrons. The molecule has 1 aliphatic rings. The first-order valence-electron chi connectivity index (χ1n) is 6.46. The molecule has 1 fully saturated rings. The lowest BCUT2D eigenvalue weighted by Gasteiger charge is -2.33. The van der Waals surface area contributed by atoms with Gasteiger partial charge in [0.2, 0.25) is 10.0 Å². The smallest absolute Gasteiger partial charge is 0.409 e. The van der Waals surface area contributed by atoms with Crippen LogP contribution in [-0.2, 0) is 14.8 Å². The standard InChI is InChI=1S/C11H21ClN2O4S/c1-2-18-11(15)13-6-8-14(9-7-13)19(16,17)10-4-3-5-12/h2-10H2,1H3. The van der Waals surface area contributed by atoms with Crippen LogP contribution < -0.4 is 0 Å². The third-order valence-corrected chi connectivity index (χ3v) is 5.17. The number of amides is 1. The third-order valence-electron chi connectivity index (χ3n) is 2.94. The zero-order valence-corrected chi connectivity index (χ0v) is 12.8. The zero-order valence-electron chi connectivity index (χ0n) is 11.2. The number of rotatable bonds is 6. The Bertz CT molecular complexity index is 380. The summed E-state index contributed by atoms with van der Waals surface area (Å²) in [7, 11) is -3.22. The summed E-state index contributed by atoms with van der Waals surface area (Å²) in [5.74, 6) is 0.602. The van der Waals surface area contributed by atoms with Crippen molar-refractivity contribution < 1.29 is 17.9 Å². The molecule has 1 amide bonds. The summed E-state index contributed by atoms with van der Waals surface area (Å²) in [6.07, 6.45) is 0.898. The van der Waals surface area contributed by atoms with E-state index in [0.29, 0.717) is 51.5 Å². The third kappa shape index (κ3) is 5.16. The van der Waals surface area contributed by atoms with E-state index in [4.69, 9.17) is 16.3 Å². The number of hydrogen-bond donors (Lipinski definition) is 0. The van der Waals surface area contributed by atoms with Crippen LogP contribution in [0.15, 0.2) is 0 Å². The predicted molar refractivity (Wildman–Crippen MR) is 73.9 cm³/mol. The number of alkyl halides is 1. The molecule has 0 bridgehead atoms. The Labute approximate surface area is 119 Å². The molecule has 8 heteroatoms. The van der Waals surface area contributed by atoms with Gasteiger partial charge in [-0.1, -0.05) is 0 Å². The quantitative estimate of drug-likeness (QED) is 0.544. The highest BCUT2D eigenvalue weighted by molar-refractivity contribution is 7.89. The average Bonchev–Trinajstić information content (AvgIpc) is 2.39. The second kappa shape index (κ2) is 7.91. The van der Waals surface area contributed by atoms with E-state index in [1.165, 1.54) is 9.21 Å². The number of carbonyl (C=O) groups excluding carboxylic acids is 1. The normalized spacial score (nSPS) is 17.5. The van der Waals surface area contributed by atoms with E-state index < -0.39 is 10.0 Å². The fourth-order valence-corrected chi connectivity index (χ4v) is 3.61. The van der Waals surface area contributed by atoms with Crippen LogP contribution in [0.2, 0.25) is 0 Å². The van der Waals surface area contributed by atoms with Gasteiger partial charge in [-0.05, 0) is 19.8 Å². The molecular formula is C11H21ClN2O4S. The number of carbonyl (C=O) groups is 1. The average molecular weight is 313 g/mol. The van der Waals surface area contributed by atoms with Gasteiger partial charge in [-0.2, -0.15) is 4.31 Å². The maximum Gasteiger partial charge on any atom is 0.409 e. The molecule has 0 atom stereocenters. The van der Waals surface area contributed by atoms with E-state index in [-0.39, 0.29) is 11.8 Å². The highest BCUT2D eigenvalue weighted by Crippen LogP contribution is 2.11. The fraction of sp³-hybridized carbons (Fsp3) is 0.909. The lowest BCUT2D eigenvalue weighted by atomic mass is 10.4. The SMILES string of the molecule is CCOC(=O)N1CCN(S(=O)(=O)CCCCCl)CC1. The van der Waals surface area contributed by atoms with Crippen LogP contribution in [0, 0.1) is 0 Å². The number of piperazine rings is 1. The number of sulfonamides is 1. The van der Waals surface area contributed by atoms with Crippen molar-refractivity contribution in [2.75, 3.05) is 44.4 Å². The summed E-state index contributed by atoms with van der Waals surface area (Å²) in [5.41, 5.74) is 0. The molecule has 0 N–H and O–H groups in total. The summed E-state index contributed by atoms with van der Waals surface area (Å²) < 4.78 is 30.3. The van der Waals surface area contributed by atoms with E-state index in [0.717, 1.165) is 0 Å². The molecule has 1 rings (SSSR count). The fourth-order valence-electron chi connectivity index (χ4n) is 1.87. The van der Waals surface area contributed by atoms with Gasteiger partial charge in [0.15, 0.2) is 0 Å². The van der Waals surface area contributed by atoms with Gasteiger partial charge in [-0.3, -0.25) is 0 Å². The Balaban J connectivity index is 2.42. The molecule has 0 unspecified atom stereocenters. The van der Waals surface area contributed by atoms with Crippen molar-refractivity contribution in [2.45, 2.75) is 19.8 Å². The van der Waals surface area contributed by atoms with E-state index in [1.807, 2.05) is 0 Å². The largest absolute Gasteiger partial charge is 0.450 e. The first-order valence-corrected chi connectivity index (χ1v) is 8.61. The molecule has 0 spiro atoms. The van der Waals surface area contributed by atoms with Gasteiger partial charge in [0.05, 0.1) is 12.4 Å². The Morgan fingerprint density at radius 3 is 2.37 bits per heavy atom. The number of halogens is 1. The van der Waals surface area contributed by atoms with Crippen molar-refractivity contribution in [3.8, 4) is 0 Å². The van der Waals surface area contributed by atoms with E-state index in [1.54, 1.807) is 6.92 Å². The van der Waals surface area contributed by atoms with Gasteiger partial charge >= 0.3 is 6.09 Å². The number of ether oxygens (including phenoxy) is 1. The van der Waals surface area contributed by atoms with Crippen molar-refractivity contribution in [3.63, 3.8) is 0 Å². The molecule has 0 aromatic carbocycles. The highest BCUT2D eigenvalue weighted by atomic mass is 35.5. The summed E-state index contributed by atoms with van der Waals surface area (Å²) in [4.78, 5) is 13.0. The van der Waals surface area contributed by atoms with Gasteiger partial charge in [-0.25, -0.2) is 13.2 Å². The molecule has 1 heterocycles. The lowest BCUT2D eigenvalue weighted by Crippen LogP contribution is -2.51. The lowest BCUT2D eigenvalue weighted by molar-refractivity contribution is 0.0934. The van der Waals surface area contributed by atoms with Crippen molar-refractivity contribution in [1.82, 2.24) is 9.21 Å². The van der Waals surface area contributed by atoms with Crippen LogP contribution >= 0.6 is 11.6 Å². The van der Waals surface area contributed by atoms with Crippen LogP contribution in [0.5, 0.6) is 0 Å². The van der Waals surface area contributed by atoms with Gasteiger partial charge in [-0.15, -0.1) is 11.6 Å². The van der Waals surface area contributed by atoms with Crippen LogP contribution in [0.25, 0.3) is 0 Å². The van der Waals surface area contributed by atoms with E-state index in [2.05, 4.69) is 0 Å². The van der Waals surface area contributed by atoms with Gasteiger partial charge in [0.1, 0.15) is 0 Å². The molecule has 112 valence electrons. The molecule has 0 saturated carbocycles. The Morgan fingerprint density at radius 2 is 1.84 bits per heavy atom. The second-order valence-corrected chi connectivity index (χ2v) is 6.76. The maximum atomic E-state index is 12.0. The molecule has 19 heavy (non-hydrogen) atoms. The minimum Gasteiger partial charge on any atom is -0.450 e. The van der Waals surface area contributed by atoms with Crippen molar-refractivity contribution in [3.05, 3.63) is 0 Å². The summed E-state index contributed by atoms with van der Waals surface area (Å²) in [6, 6.07) is 0. The molecule has 0 aliphatic carbocycles. The van der Waals surface area contributed by atoms with Crippen molar-refractivity contribution >= 4 is 27.7 Å². The summed E-state index contributed by atoms with van der Waals surface area (Å²) in [5, 5.41) is 0. The number of nitrogens with zero attached hydrogens (tertiary/aromatic N) is 2. The maximum absolute atomic E-state index is 12.0. The summed E-state index contributed by atoms with van der Waals surface area (Å²) >= 11 is 5.53. The Kier molecular flexibility index (Phi) is 6.88. The van der Waals surface area contributed by atoms with E-state index >= 15 is 0 Å². The summed E-state index contributed by atoms with van der Waals surface area (Å²) in [6.45, 7) is 3.51. The minimum absolute atomic E-state index is 0.124. The molecule has 1 saturated heterocycles. The van der Waals surface area contributed by atoms with Gasteiger partial charge < -0.3 is 9.64 Å². The molecule has 0 aromatic rings. The van der Waals surface area contributed by atoms with Gasteiger partial charge in [0, 0.05) is 32.1 Å². The van der Waals surface area contributed by atoms with Crippen LogP contribution in [-0.4, -0.2) is 68.1 Å². The topological polar surface area (TPSA) is 66.9 Å². The van der Waals surface area contributed by atoms with Crippen molar-refractivity contribution in [2.24, 2.45) is 0 Å². The first kappa shape index (κ1) is 16.5. The molecule has 1 aliphatic heterocycles. The zero-order chi connectivity index (χ0) is 14.3.